The molecule has 2 rings (SSSR count). The maximum atomic E-state index is 13.4. The fourth-order valence-corrected chi connectivity index (χ4v) is 1.64. The number of ether oxygens (including phenoxy) is 1. The predicted octanol–water partition coefficient (Wildman–Crippen LogP) is 3.65. The van der Waals surface area contributed by atoms with E-state index < -0.39 is 41.0 Å². The molecular weight excluding hydrogens is 302 g/mol. The Bertz CT molecular complexity index is 706. The highest BCUT2D eigenvalue weighted by molar-refractivity contribution is 5.94. The van der Waals surface area contributed by atoms with Crippen LogP contribution in [0.3, 0.4) is 0 Å². The summed E-state index contributed by atoms with van der Waals surface area (Å²) in [6.45, 7) is 1.31. The number of carbonyl (C=O) groups excluding carboxylic acids is 1. The summed E-state index contributed by atoms with van der Waals surface area (Å²) in [5.74, 6) is -6.25. The monoisotopic (exact) mass is 313 g/mol. The number of halogens is 4. The first-order valence-electron chi connectivity index (χ1n) is 6.25. The molecule has 0 fully saturated rings. The molecule has 0 radical (unpaired) electrons. The summed E-state index contributed by atoms with van der Waals surface area (Å²) in [4.78, 5) is 11.8. The van der Waals surface area contributed by atoms with E-state index in [1.54, 1.807) is 0 Å². The fourth-order valence-electron chi connectivity index (χ4n) is 1.64. The minimum atomic E-state index is -1.69. The zero-order chi connectivity index (χ0) is 16.3. The lowest BCUT2D eigenvalue weighted by atomic mass is 10.2. The maximum absolute atomic E-state index is 13.4. The number of amides is 1. The van der Waals surface area contributed by atoms with Crippen molar-refractivity contribution in [2.75, 3.05) is 5.32 Å². The van der Waals surface area contributed by atoms with Crippen molar-refractivity contribution >= 4 is 11.6 Å². The lowest BCUT2D eigenvalue weighted by molar-refractivity contribution is -0.122. The van der Waals surface area contributed by atoms with Gasteiger partial charge in [0.05, 0.1) is 5.69 Å². The van der Waals surface area contributed by atoms with E-state index in [0.717, 1.165) is 12.1 Å². The Hall–Kier alpha value is -2.57. The Balaban J connectivity index is 2.09. The molecule has 1 atom stereocenters. The molecule has 3 nitrogen and oxygen atoms in total. The highest BCUT2D eigenvalue weighted by Crippen LogP contribution is 2.21. The first-order valence-corrected chi connectivity index (χ1v) is 6.25. The van der Waals surface area contributed by atoms with Gasteiger partial charge in [0.15, 0.2) is 35.1 Å². The smallest absolute Gasteiger partial charge is 0.265 e. The first-order chi connectivity index (χ1) is 10.4. The second-order valence-corrected chi connectivity index (χ2v) is 4.40. The summed E-state index contributed by atoms with van der Waals surface area (Å²) < 4.78 is 57.8. The quantitative estimate of drug-likeness (QED) is 0.691. The van der Waals surface area contributed by atoms with Crippen molar-refractivity contribution in [3.05, 3.63) is 59.7 Å². The lowest BCUT2D eigenvalue weighted by Crippen LogP contribution is -2.30. The summed E-state index contributed by atoms with van der Waals surface area (Å²) in [6.07, 6.45) is -1.18. The summed E-state index contributed by atoms with van der Waals surface area (Å²) in [5.41, 5.74) is -0.534. The molecule has 0 heterocycles. The molecule has 0 saturated heterocycles. The van der Waals surface area contributed by atoms with Crippen molar-refractivity contribution in [2.45, 2.75) is 13.0 Å². The number of anilines is 1. The zero-order valence-corrected chi connectivity index (χ0v) is 11.4. The van der Waals surface area contributed by atoms with Crippen molar-refractivity contribution in [1.29, 1.82) is 0 Å². The van der Waals surface area contributed by atoms with Crippen molar-refractivity contribution in [3.63, 3.8) is 0 Å². The van der Waals surface area contributed by atoms with Gasteiger partial charge in [0.1, 0.15) is 0 Å². The van der Waals surface area contributed by atoms with Gasteiger partial charge in [-0.3, -0.25) is 4.79 Å². The Morgan fingerprint density at radius 1 is 1.00 bits per heavy atom. The highest BCUT2D eigenvalue weighted by atomic mass is 19.2. The molecule has 2 aromatic carbocycles. The van der Waals surface area contributed by atoms with Crippen LogP contribution in [0.4, 0.5) is 23.2 Å². The van der Waals surface area contributed by atoms with E-state index in [0.29, 0.717) is 6.07 Å². The molecule has 0 aliphatic heterocycles. The Morgan fingerprint density at radius 2 is 1.68 bits per heavy atom. The van der Waals surface area contributed by atoms with Gasteiger partial charge < -0.3 is 10.1 Å². The minimum Gasteiger partial charge on any atom is -0.478 e. The number of para-hydroxylation sites is 1. The summed E-state index contributed by atoms with van der Waals surface area (Å²) in [6, 6.07) is 6.98. The number of hydrogen-bond acceptors (Lipinski definition) is 2. The Kier molecular flexibility index (Phi) is 4.65. The van der Waals surface area contributed by atoms with E-state index in [9.17, 15) is 22.4 Å². The number of carbonyl (C=O) groups is 1. The van der Waals surface area contributed by atoms with Crippen LogP contribution in [0.1, 0.15) is 6.92 Å². The average molecular weight is 313 g/mol. The average Bonchev–Trinajstić information content (AvgIpc) is 2.50. The van der Waals surface area contributed by atoms with E-state index in [1.165, 1.54) is 25.1 Å². The van der Waals surface area contributed by atoms with E-state index in [1.807, 2.05) is 5.32 Å². The zero-order valence-electron chi connectivity index (χ0n) is 11.4. The molecular formula is C15H11F4NO2. The summed E-state index contributed by atoms with van der Waals surface area (Å²) >= 11 is 0. The van der Waals surface area contributed by atoms with Gasteiger partial charge in [-0.2, -0.15) is 0 Å². The van der Waals surface area contributed by atoms with Crippen LogP contribution < -0.4 is 10.1 Å². The van der Waals surface area contributed by atoms with Gasteiger partial charge in [-0.15, -0.1) is 0 Å². The van der Waals surface area contributed by atoms with Crippen LogP contribution in [0.25, 0.3) is 0 Å². The normalized spacial score (nSPS) is 11.9. The molecule has 22 heavy (non-hydrogen) atoms. The molecule has 0 unspecified atom stereocenters. The summed E-state index contributed by atoms with van der Waals surface area (Å²) in [7, 11) is 0. The van der Waals surface area contributed by atoms with Gasteiger partial charge in [-0.25, -0.2) is 17.6 Å². The standard InChI is InChI=1S/C15H11F4NO2/c1-8(22-12-5-3-2-4-9(12)16)15(21)20-11-7-6-10(17)13(18)14(11)19/h2-8H,1H3,(H,20,21)/t8-/m1/s1. The largest absolute Gasteiger partial charge is 0.478 e. The molecule has 1 N–H and O–H groups in total. The number of benzene rings is 2. The molecule has 2 aromatic rings. The van der Waals surface area contributed by atoms with E-state index >= 15 is 0 Å². The molecule has 7 heteroatoms. The van der Waals surface area contributed by atoms with Gasteiger partial charge in [0.2, 0.25) is 0 Å². The van der Waals surface area contributed by atoms with Crippen molar-refractivity contribution in [2.24, 2.45) is 0 Å². The van der Waals surface area contributed by atoms with Crippen LogP contribution in [0.2, 0.25) is 0 Å². The molecule has 1 amide bonds. The third-order valence-corrected chi connectivity index (χ3v) is 2.80. The van der Waals surface area contributed by atoms with Crippen molar-refractivity contribution in [1.82, 2.24) is 0 Å². The Labute approximate surface area is 123 Å². The van der Waals surface area contributed by atoms with Gasteiger partial charge in [-0.1, -0.05) is 12.1 Å². The molecule has 116 valence electrons. The Morgan fingerprint density at radius 3 is 2.36 bits per heavy atom. The van der Waals surface area contributed by atoms with Crippen LogP contribution in [0.5, 0.6) is 5.75 Å². The molecule has 0 spiro atoms. The fraction of sp³-hybridized carbons (Fsp3) is 0.133. The van der Waals surface area contributed by atoms with Crippen molar-refractivity contribution in [3.8, 4) is 5.75 Å². The number of rotatable bonds is 4. The highest BCUT2D eigenvalue weighted by Gasteiger charge is 2.20. The molecule has 0 saturated carbocycles. The van der Waals surface area contributed by atoms with Crippen LogP contribution in [0, 0.1) is 23.3 Å². The number of hydrogen-bond donors (Lipinski definition) is 1. The maximum Gasteiger partial charge on any atom is 0.265 e. The van der Waals surface area contributed by atoms with Gasteiger partial charge in [0, 0.05) is 0 Å². The van der Waals surface area contributed by atoms with Crippen LogP contribution >= 0.6 is 0 Å². The third kappa shape index (κ3) is 3.36. The van der Waals surface area contributed by atoms with Crippen LogP contribution in [-0.2, 0) is 4.79 Å². The van der Waals surface area contributed by atoms with Gasteiger partial charge in [-0.05, 0) is 31.2 Å². The van der Waals surface area contributed by atoms with Crippen LogP contribution in [-0.4, -0.2) is 12.0 Å². The second kappa shape index (κ2) is 6.46. The molecule has 0 aliphatic rings. The van der Waals surface area contributed by atoms with Gasteiger partial charge in [0.25, 0.3) is 5.91 Å². The summed E-state index contributed by atoms with van der Waals surface area (Å²) in [5, 5.41) is 2.05. The van der Waals surface area contributed by atoms with Gasteiger partial charge >= 0.3 is 0 Å². The first kappa shape index (κ1) is 15.8. The minimum absolute atomic E-state index is 0.157. The molecule has 0 aliphatic carbocycles. The second-order valence-electron chi connectivity index (χ2n) is 4.40. The molecule has 0 bridgehead atoms. The lowest BCUT2D eigenvalue weighted by Gasteiger charge is -2.15. The molecule has 0 aromatic heterocycles. The van der Waals surface area contributed by atoms with E-state index in [2.05, 4.69) is 0 Å². The van der Waals surface area contributed by atoms with E-state index in [4.69, 9.17) is 4.74 Å². The third-order valence-electron chi connectivity index (χ3n) is 2.80. The predicted molar refractivity (Wildman–Crippen MR) is 71.4 cm³/mol. The number of nitrogens with one attached hydrogen (secondary N) is 1. The van der Waals surface area contributed by atoms with Crippen LogP contribution in [0.15, 0.2) is 36.4 Å². The SMILES string of the molecule is C[C@@H](Oc1ccccc1F)C(=O)Nc1ccc(F)c(F)c1F. The van der Waals surface area contributed by atoms with E-state index in [-0.39, 0.29) is 5.75 Å². The topological polar surface area (TPSA) is 38.3 Å². The van der Waals surface area contributed by atoms with Crippen molar-refractivity contribution < 1.29 is 27.1 Å².